The lowest BCUT2D eigenvalue weighted by Crippen LogP contribution is -2.06. The van der Waals surface area contributed by atoms with Crippen molar-refractivity contribution in [2.24, 2.45) is 7.05 Å². The number of nitrogens with zero attached hydrogens (tertiary/aromatic N) is 3. The van der Waals surface area contributed by atoms with Crippen molar-refractivity contribution in [3.8, 4) is 6.07 Å². The van der Waals surface area contributed by atoms with Crippen LogP contribution in [-0.2, 0) is 16.6 Å². The van der Waals surface area contributed by atoms with E-state index in [0.29, 0.717) is 16.4 Å². The van der Waals surface area contributed by atoms with Crippen molar-refractivity contribution in [3.05, 3.63) is 22.0 Å². The molecule has 6 heteroatoms. The Morgan fingerprint density at radius 3 is 2.76 bits per heavy atom. The summed E-state index contributed by atoms with van der Waals surface area (Å²) in [6.45, 7) is 3.64. The minimum Gasteiger partial charge on any atom is -0.462 e. The molecule has 1 rings (SSSR count). The molecule has 0 amide bonds. The Bertz CT molecular complexity index is 512. The van der Waals surface area contributed by atoms with Crippen molar-refractivity contribution in [2.75, 3.05) is 6.61 Å². The average Bonchev–Trinajstić information content (AvgIpc) is 2.51. The minimum atomic E-state index is -0.658. The Hall–Kier alpha value is -1.80. The highest BCUT2D eigenvalue weighted by molar-refractivity contribution is 6.31. The second kappa shape index (κ2) is 5.51. The zero-order valence-electron chi connectivity index (χ0n) is 9.82. The Kier molecular flexibility index (Phi) is 4.30. The number of nitriles is 1. The van der Waals surface area contributed by atoms with E-state index in [1.807, 2.05) is 0 Å². The molecule has 0 unspecified atom stereocenters. The van der Waals surface area contributed by atoms with Crippen LogP contribution in [0.25, 0.3) is 6.08 Å². The summed E-state index contributed by atoms with van der Waals surface area (Å²) in [7, 11) is 1.68. The molecule has 17 heavy (non-hydrogen) atoms. The number of aromatic nitrogens is 2. The van der Waals surface area contributed by atoms with E-state index >= 15 is 0 Å². The summed E-state index contributed by atoms with van der Waals surface area (Å²) >= 11 is 5.99. The van der Waals surface area contributed by atoms with Crippen LogP contribution < -0.4 is 0 Å². The van der Waals surface area contributed by atoms with E-state index in [1.165, 1.54) is 10.8 Å². The van der Waals surface area contributed by atoms with Gasteiger partial charge >= 0.3 is 5.97 Å². The molecule has 1 aromatic rings. The molecule has 0 saturated heterocycles. The highest BCUT2D eigenvalue weighted by atomic mass is 35.5. The quantitative estimate of drug-likeness (QED) is 0.468. The van der Waals surface area contributed by atoms with Crippen molar-refractivity contribution in [2.45, 2.75) is 13.8 Å². The Morgan fingerprint density at radius 1 is 1.71 bits per heavy atom. The Labute approximate surface area is 104 Å². The number of ether oxygens (including phenoxy) is 1. The Morgan fingerprint density at radius 2 is 2.35 bits per heavy atom. The number of carbonyl (C=O) groups excluding carboxylic acids is 1. The molecule has 0 atom stereocenters. The Balaban J connectivity index is 3.16. The maximum atomic E-state index is 11.4. The van der Waals surface area contributed by atoms with Crippen LogP contribution in [0.3, 0.4) is 0 Å². The van der Waals surface area contributed by atoms with Crippen molar-refractivity contribution >= 4 is 23.6 Å². The summed E-state index contributed by atoms with van der Waals surface area (Å²) < 4.78 is 6.23. The van der Waals surface area contributed by atoms with Gasteiger partial charge in [0.1, 0.15) is 16.8 Å². The van der Waals surface area contributed by atoms with Crippen molar-refractivity contribution < 1.29 is 9.53 Å². The van der Waals surface area contributed by atoms with Gasteiger partial charge in [-0.05, 0) is 19.9 Å². The van der Waals surface area contributed by atoms with Crippen LogP contribution in [0.2, 0.25) is 5.15 Å². The van der Waals surface area contributed by atoms with Crippen LogP contribution in [0.1, 0.15) is 18.2 Å². The van der Waals surface area contributed by atoms with Crippen molar-refractivity contribution in [1.29, 1.82) is 5.26 Å². The van der Waals surface area contributed by atoms with E-state index in [0.717, 1.165) is 0 Å². The van der Waals surface area contributed by atoms with Crippen LogP contribution in [0.4, 0.5) is 0 Å². The number of hydrogen-bond donors (Lipinski definition) is 0. The molecule has 1 heterocycles. The van der Waals surface area contributed by atoms with Gasteiger partial charge in [-0.15, -0.1) is 0 Å². The van der Waals surface area contributed by atoms with Crippen LogP contribution in [0.5, 0.6) is 0 Å². The molecule has 0 aliphatic rings. The summed E-state index contributed by atoms with van der Waals surface area (Å²) in [5, 5.41) is 13.3. The first-order valence-electron chi connectivity index (χ1n) is 4.99. The van der Waals surface area contributed by atoms with Gasteiger partial charge in [-0.2, -0.15) is 10.4 Å². The van der Waals surface area contributed by atoms with Crippen molar-refractivity contribution in [1.82, 2.24) is 9.78 Å². The number of hydrogen-bond acceptors (Lipinski definition) is 4. The molecule has 90 valence electrons. The molecule has 5 nitrogen and oxygen atoms in total. The van der Waals surface area contributed by atoms with E-state index in [4.69, 9.17) is 21.6 Å². The second-order valence-electron chi connectivity index (χ2n) is 3.30. The van der Waals surface area contributed by atoms with E-state index < -0.39 is 5.97 Å². The predicted octanol–water partition coefficient (Wildman–Crippen LogP) is 1.85. The van der Waals surface area contributed by atoms with Gasteiger partial charge in [-0.1, -0.05) is 11.6 Å². The lowest BCUT2D eigenvalue weighted by atomic mass is 10.1. The predicted molar refractivity (Wildman–Crippen MR) is 63.2 cm³/mol. The molecular weight excluding hydrogens is 242 g/mol. The van der Waals surface area contributed by atoms with Gasteiger partial charge in [0.05, 0.1) is 12.3 Å². The molecule has 0 bridgehead atoms. The maximum Gasteiger partial charge on any atom is 0.348 e. The van der Waals surface area contributed by atoms with Crippen LogP contribution in [0, 0.1) is 18.3 Å². The maximum absolute atomic E-state index is 11.4. The van der Waals surface area contributed by atoms with E-state index in [9.17, 15) is 4.79 Å². The second-order valence-corrected chi connectivity index (χ2v) is 3.66. The average molecular weight is 254 g/mol. The lowest BCUT2D eigenvalue weighted by Gasteiger charge is -1.99. The normalized spacial score (nSPS) is 11.1. The SMILES string of the molecule is CCOC(=O)/C(C#N)=C/c1c(C)nn(C)c1Cl. The summed E-state index contributed by atoms with van der Waals surface area (Å²) in [5.74, 6) is -0.658. The lowest BCUT2D eigenvalue weighted by molar-refractivity contribution is -0.137. The molecule has 0 radical (unpaired) electrons. The standard InChI is InChI=1S/C11H12ClN3O2/c1-4-17-11(16)8(6-13)5-9-7(2)14-15(3)10(9)12/h5H,4H2,1-3H3/b8-5+. The summed E-state index contributed by atoms with van der Waals surface area (Å²) in [5.41, 5.74) is 1.11. The highest BCUT2D eigenvalue weighted by Gasteiger charge is 2.14. The molecule has 1 aromatic heterocycles. The number of carbonyl (C=O) groups is 1. The smallest absolute Gasteiger partial charge is 0.348 e. The number of halogens is 1. The van der Waals surface area contributed by atoms with Gasteiger partial charge in [0.15, 0.2) is 0 Å². The molecule has 0 aromatic carbocycles. The molecule has 0 N–H and O–H groups in total. The van der Waals surface area contributed by atoms with E-state index in [-0.39, 0.29) is 12.2 Å². The van der Waals surface area contributed by atoms with Crippen LogP contribution in [-0.4, -0.2) is 22.4 Å². The molecule has 0 aliphatic carbocycles. The van der Waals surface area contributed by atoms with Gasteiger partial charge in [0.2, 0.25) is 0 Å². The zero-order valence-corrected chi connectivity index (χ0v) is 10.6. The van der Waals surface area contributed by atoms with Gasteiger partial charge in [0, 0.05) is 12.6 Å². The summed E-state index contributed by atoms with van der Waals surface area (Å²) in [6, 6.07) is 1.79. The van der Waals surface area contributed by atoms with Crippen molar-refractivity contribution in [3.63, 3.8) is 0 Å². The molecule has 0 aliphatic heterocycles. The van der Waals surface area contributed by atoms with Crippen LogP contribution >= 0.6 is 11.6 Å². The summed E-state index contributed by atoms with van der Waals surface area (Å²) in [4.78, 5) is 11.4. The van der Waals surface area contributed by atoms with Gasteiger partial charge in [-0.3, -0.25) is 4.68 Å². The van der Waals surface area contributed by atoms with Gasteiger partial charge in [-0.25, -0.2) is 4.79 Å². The van der Waals surface area contributed by atoms with Gasteiger partial charge < -0.3 is 4.74 Å². The molecule has 0 fully saturated rings. The zero-order chi connectivity index (χ0) is 13.0. The monoisotopic (exact) mass is 253 g/mol. The molecule has 0 saturated carbocycles. The molecular formula is C11H12ClN3O2. The topological polar surface area (TPSA) is 67.9 Å². The summed E-state index contributed by atoms with van der Waals surface area (Å²) in [6.07, 6.45) is 1.39. The van der Waals surface area contributed by atoms with E-state index in [1.54, 1.807) is 27.0 Å². The highest BCUT2D eigenvalue weighted by Crippen LogP contribution is 2.21. The number of esters is 1. The molecule has 0 spiro atoms. The fraction of sp³-hybridized carbons (Fsp3) is 0.364. The number of aryl methyl sites for hydroxylation is 2. The van der Waals surface area contributed by atoms with Crippen LogP contribution in [0.15, 0.2) is 5.57 Å². The minimum absolute atomic E-state index is 0.0927. The van der Waals surface area contributed by atoms with Gasteiger partial charge in [0.25, 0.3) is 0 Å². The third-order valence-electron chi connectivity index (χ3n) is 2.10. The third kappa shape index (κ3) is 2.86. The van der Waals surface area contributed by atoms with E-state index in [2.05, 4.69) is 5.10 Å². The third-order valence-corrected chi connectivity index (χ3v) is 2.55. The first-order chi connectivity index (χ1) is 8.01. The first kappa shape index (κ1) is 13.3. The first-order valence-corrected chi connectivity index (χ1v) is 5.37. The largest absolute Gasteiger partial charge is 0.462 e. The fourth-order valence-corrected chi connectivity index (χ4v) is 1.53. The number of rotatable bonds is 3. The fourth-order valence-electron chi connectivity index (χ4n) is 1.30.